The van der Waals surface area contributed by atoms with Gasteiger partial charge in [-0.05, 0) is 28.8 Å². The first-order chi connectivity index (χ1) is 6.68. The van der Waals surface area contributed by atoms with Crippen molar-refractivity contribution in [3.63, 3.8) is 0 Å². The molecule has 1 unspecified atom stereocenters. The highest BCUT2D eigenvalue weighted by molar-refractivity contribution is 9.10. The zero-order valence-electron chi connectivity index (χ0n) is 7.61. The predicted molar refractivity (Wildman–Crippen MR) is 54.2 cm³/mol. The zero-order valence-corrected chi connectivity index (χ0v) is 9.20. The third-order valence-corrected chi connectivity index (χ3v) is 3.24. The molecule has 2 heterocycles. The maximum Gasteiger partial charge on any atom is 0.304 e. The lowest BCUT2D eigenvalue weighted by Crippen LogP contribution is -2.17. The van der Waals surface area contributed by atoms with Crippen LogP contribution in [0.25, 0.3) is 0 Å². The molecule has 1 aromatic heterocycles. The number of imidazole rings is 1. The number of hydrogen-bond donors (Lipinski definition) is 1. The van der Waals surface area contributed by atoms with Gasteiger partial charge in [0.2, 0.25) is 0 Å². The Balaban J connectivity index is 2.27. The minimum absolute atomic E-state index is 0.125. The second-order valence-corrected chi connectivity index (χ2v) is 4.25. The van der Waals surface area contributed by atoms with E-state index in [9.17, 15) is 4.79 Å². The van der Waals surface area contributed by atoms with Crippen molar-refractivity contribution in [3.05, 3.63) is 16.6 Å². The molecule has 5 heteroatoms. The van der Waals surface area contributed by atoms with E-state index in [-0.39, 0.29) is 12.3 Å². The molecule has 4 nitrogen and oxygen atoms in total. The summed E-state index contributed by atoms with van der Waals surface area (Å²) < 4.78 is 2.86. The summed E-state index contributed by atoms with van der Waals surface area (Å²) in [5.74, 6) is -0.610. The third-order valence-electron chi connectivity index (χ3n) is 2.61. The minimum Gasteiger partial charge on any atom is -0.481 e. The molecule has 0 bridgehead atoms. The topological polar surface area (TPSA) is 55.1 Å². The fraction of sp³-hybridized carbons (Fsp3) is 0.556. The molecule has 0 aromatic carbocycles. The molecule has 2 rings (SSSR count). The first-order valence-corrected chi connectivity index (χ1v) is 5.40. The van der Waals surface area contributed by atoms with E-state index in [1.165, 1.54) is 0 Å². The highest BCUT2D eigenvalue weighted by atomic mass is 79.9. The van der Waals surface area contributed by atoms with Crippen LogP contribution in [0.3, 0.4) is 0 Å². The van der Waals surface area contributed by atoms with Crippen LogP contribution in [0.5, 0.6) is 0 Å². The van der Waals surface area contributed by atoms with E-state index in [0.29, 0.717) is 0 Å². The largest absolute Gasteiger partial charge is 0.481 e. The number of carbonyl (C=O) groups is 1. The van der Waals surface area contributed by atoms with Gasteiger partial charge in [-0.2, -0.15) is 0 Å². The van der Waals surface area contributed by atoms with E-state index in [1.807, 2.05) is 0 Å². The zero-order chi connectivity index (χ0) is 10.1. The van der Waals surface area contributed by atoms with Gasteiger partial charge in [-0.3, -0.25) is 4.79 Å². The Bertz CT molecular complexity index is 362. The number of aliphatic carboxylic acids is 1. The van der Waals surface area contributed by atoms with Gasteiger partial charge in [0.1, 0.15) is 0 Å². The number of nitrogens with zero attached hydrogens (tertiary/aromatic N) is 2. The summed E-state index contributed by atoms with van der Waals surface area (Å²) in [6, 6.07) is 0. The highest BCUT2D eigenvalue weighted by Crippen LogP contribution is 2.32. The summed E-state index contributed by atoms with van der Waals surface area (Å²) in [5, 5.41) is 8.76. The molecule has 0 saturated carbocycles. The average Bonchev–Trinajstić information content (AvgIpc) is 2.49. The summed E-state index contributed by atoms with van der Waals surface area (Å²) in [6.07, 6.45) is 3.96. The molecule has 76 valence electrons. The van der Waals surface area contributed by atoms with Crippen LogP contribution in [0, 0.1) is 0 Å². The second kappa shape index (κ2) is 3.73. The van der Waals surface area contributed by atoms with Crippen LogP contribution in [0.1, 0.15) is 30.9 Å². The molecule has 14 heavy (non-hydrogen) atoms. The van der Waals surface area contributed by atoms with Crippen molar-refractivity contribution in [1.82, 2.24) is 9.55 Å². The number of fused-ring (bicyclic) bond motifs is 1. The molecule has 1 aliphatic rings. The molecule has 1 aliphatic heterocycles. The SMILES string of the molecule is O=C(O)CC1CCCn2c1cnc2Br. The maximum absolute atomic E-state index is 10.6. The number of carboxylic acid groups (broad SMARTS) is 1. The molecular weight excluding hydrogens is 248 g/mol. The van der Waals surface area contributed by atoms with Crippen LogP contribution in [0.4, 0.5) is 0 Å². The van der Waals surface area contributed by atoms with Gasteiger partial charge in [-0.1, -0.05) is 0 Å². The molecule has 1 aromatic rings. The number of rotatable bonds is 2. The normalized spacial score (nSPS) is 20.5. The molecular formula is C9H11BrN2O2. The van der Waals surface area contributed by atoms with Gasteiger partial charge in [-0.15, -0.1) is 0 Å². The van der Waals surface area contributed by atoms with Gasteiger partial charge in [-0.25, -0.2) is 4.98 Å². The third kappa shape index (κ3) is 1.68. The number of aromatic nitrogens is 2. The molecule has 1 atom stereocenters. The van der Waals surface area contributed by atoms with Gasteiger partial charge in [0, 0.05) is 24.4 Å². The summed E-state index contributed by atoms with van der Waals surface area (Å²) in [5.41, 5.74) is 1.05. The van der Waals surface area contributed by atoms with Crippen molar-refractivity contribution in [2.75, 3.05) is 0 Å². The number of halogens is 1. The molecule has 0 radical (unpaired) electrons. The standard InChI is InChI=1S/C9H11BrN2O2/c10-9-11-5-7-6(4-8(13)14)2-1-3-12(7)9/h5-6H,1-4H2,(H,13,14). The Hall–Kier alpha value is -0.840. The predicted octanol–water partition coefficient (Wildman–Crippen LogP) is 2.00. The molecule has 0 saturated heterocycles. The van der Waals surface area contributed by atoms with Crippen LogP contribution in [-0.4, -0.2) is 20.6 Å². The first-order valence-electron chi connectivity index (χ1n) is 4.61. The lowest BCUT2D eigenvalue weighted by atomic mass is 9.93. The van der Waals surface area contributed by atoms with E-state index in [2.05, 4.69) is 25.5 Å². The van der Waals surface area contributed by atoms with Crippen LogP contribution < -0.4 is 0 Å². The van der Waals surface area contributed by atoms with E-state index >= 15 is 0 Å². The number of carboxylic acids is 1. The quantitative estimate of drug-likeness (QED) is 0.883. The Morgan fingerprint density at radius 3 is 3.29 bits per heavy atom. The van der Waals surface area contributed by atoms with Crippen molar-refractivity contribution < 1.29 is 9.90 Å². The van der Waals surface area contributed by atoms with Crippen molar-refractivity contribution in [1.29, 1.82) is 0 Å². The average molecular weight is 259 g/mol. The van der Waals surface area contributed by atoms with Crippen LogP contribution >= 0.6 is 15.9 Å². The van der Waals surface area contributed by atoms with E-state index in [1.54, 1.807) is 6.20 Å². The molecule has 0 aliphatic carbocycles. The van der Waals surface area contributed by atoms with Gasteiger partial charge in [0.15, 0.2) is 4.73 Å². The van der Waals surface area contributed by atoms with Gasteiger partial charge >= 0.3 is 5.97 Å². The Kier molecular flexibility index (Phi) is 2.58. The van der Waals surface area contributed by atoms with E-state index < -0.39 is 5.97 Å². The van der Waals surface area contributed by atoms with Crippen LogP contribution in [-0.2, 0) is 11.3 Å². The van der Waals surface area contributed by atoms with Gasteiger partial charge in [0.05, 0.1) is 6.42 Å². The molecule has 1 N–H and O–H groups in total. The fourth-order valence-corrected chi connectivity index (χ4v) is 2.46. The van der Waals surface area contributed by atoms with Crippen molar-refractivity contribution in [2.24, 2.45) is 0 Å². The molecule has 0 fully saturated rings. The lowest BCUT2D eigenvalue weighted by molar-refractivity contribution is -0.137. The Labute approximate surface area is 90.1 Å². The first kappa shape index (κ1) is 9.71. The summed E-state index contributed by atoms with van der Waals surface area (Å²) in [7, 11) is 0. The smallest absolute Gasteiger partial charge is 0.304 e. The fourth-order valence-electron chi connectivity index (χ4n) is 1.97. The minimum atomic E-state index is -0.735. The van der Waals surface area contributed by atoms with Crippen LogP contribution in [0.15, 0.2) is 10.9 Å². The monoisotopic (exact) mass is 258 g/mol. The Morgan fingerprint density at radius 1 is 1.79 bits per heavy atom. The maximum atomic E-state index is 10.6. The van der Waals surface area contributed by atoms with E-state index in [0.717, 1.165) is 29.8 Å². The Morgan fingerprint density at radius 2 is 2.57 bits per heavy atom. The van der Waals surface area contributed by atoms with Gasteiger partial charge < -0.3 is 9.67 Å². The van der Waals surface area contributed by atoms with E-state index in [4.69, 9.17) is 5.11 Å². The van der Waals surface area contributed by atoms with Crippen molar-refractivity contribution >= 4 is 21.9 Å². The van der Waals surface area contributed by atoms with Crippen LogP contribution in [0.2, 0.25) is 0 Å². The van der Waals surface area contributed by atoms with Crippen molar-refractivity contribution in [3.8, 4) is 0 Å². The highest BCUT2D eigenvalue weighted by Gasteiger charge is 2.24. The molecule has 0 spiro atoms. The van der Waals surface area contributed by atoms with Gasteiger partial charge in [0.25, 0.3) is 0 Å². The second-order valence-electron chi connectivity index (χ2n) is 3.54. The number of hydrogen-bond acceptors (Lipinski definition) is 2. The summed E-state index contributed by atoms with van der Waals surface area (Å²) >= 11 is 3.35. The van der Waals surface area contributed by atoms with Crippen molar-refractivity contribution in [2.45, 2.75) is 31.7 Å². The summed E-state index contributed by atoms with van der Waals surface area (Å²) in [4.78, 5) is 14.8. The summed E-state index contributed by atoms with van der Waals surface area (Å²) in [6.45, 7) is 0.937. The lowest BCUT2D eigenvalue weighted by Gasteiger charge is -2.23. The molecule has 0 amide bonds.